The van der Waals surface area contributed by atoms with Gasteiger partial charge in [0.1, 0.15) is 17.8 Å². The van der Waals surface area contributed by atoms with Crippen molar-refractivity contribution in [3.05, 3.63) is 65.7 Å². The molecule has 0 aliphatic carbocycles. The van der Waals surface area contributed by atoms with E-state index in [1.807, 2.05) is 61.5 Å². The molecule has 0 saturated heterocycles. The number of ether oxygens (including phenoxy) is 1. The maximum absolute atomic E-state index is 12.5. The molecule has 3 heteroatoms. The van der Waals surface area contributed by atoms with E-state index in [-0.39, 0.29) is 0 Å². The van der Waals surface area contributed by atoms with Gasteiger partial charge in [-0.3, -0.25) is 0 Å². The third kappa shape index (κ3) is 5.09. The molecule has 0 heterocycles. The Labute approximate surface area is 127 Å². The molecule has 0 N–H and O–H groups in total. The van der Waals surface area contributed by atoms with Crippen LogP contribution in [0.25, 0.3) is 0 Å². The van der Waals surface area contributed by atoms with Gasteiger partial charge < -0.3 is 4.74 Å². The van der Waals surface area contributed by atoms with Crippen molar-refractivity contribution < 1.29 is 8.95 Å². The largest absolute Gasteiger partial charge is 0.494 e. The Morgan fingerprint density at radius 3 is 2.33 bits per heavy atom. The first kappa shape index (κ1) is 15.3. The minimum absolute atomic E-state index is 0.458. The average molecular weight is 299 g/mol. The quantitative estimate of drug-likeness (QED) is 0.635. The van der Waals surface area contributed by atoms with Gasteiger partial charge in [-0.1, -0.05) is 34.5 Å². The Morgan fingerprint density at radius 1 is 1.05 bits per heavy atom. The van der Waals surface area contributed by atoms with Crippen LogP contribution in [0.15, 0.2) is 54.6 Å². The van der Waals surface area contributed by atoms with Gasteiger partial charge in [-0.25, -0.2) is 0 Å². The minimum Gasteiger partial charge on any atom is -0.494 e. The van der Waals surface area contributed by atoms with Crippen LogP contribution in [-0.4, -0.2) is 12.9 Å². The summed E-state index contributed by atoms with van der Waals surface area (Å²) < 4.78 is 17.9. The molecule has 0 amide bonds. The monoisotopic (exact) mass is 299 g/mol. The highest BCUT2D eigenvalue weighted by atomic mass is 32.2. The molecule has 1 unspecified atom stereocenters. The number of hydrogen-bond acceptors (Lipinski definition) is 2. The average Bonchev–Trinajstić information content (AvgIpc) is 2.48. The summed E-state index contributed by atoms with van der Waals surface area (Å²) in [6.07, 6.45) is 1.71. The zero-order valence-electron chi connectivity index (χ0n) is 12.3. The van der Waals surface area contributed by atoms with Crippen LogP contribution in [-0.2, 0) is 19.9 Å². The van der Waals surface area contributed by atoms with Gasteiger partial charge in [0.15, 0.2) is 15.2 Å². The fourth-order valence-electron chi connectivity index (χ4n) is 1.89. The van der Waals surface area contributed by atoms with Gasteiger partial charge in [-0.05, 0) is 37.1 Å². The van der Waals surface area contributed by atoms with Gasteiger partial charge in [0.25, 0.3) is 0 Å². The lowest BCUT2D eigenvalue weighted by atomic mass is 10.2. The molecule has 2 nitrogen and oxygen atoms in total. The summed E-state index contributed by atoms with van der Waals surface area (Å²) in [6, 6.07) is 17.3. The Kier molecular flexibility index (Phi) is 5.19. The molecule has 108 valence electrons. The van der Waals surface area contributed by atoms with Gasteiger partial charge in [-0.2, -0.15) is 0 Å². The van der Waals surface area contributed by atoms with Crippen molar-refractivity contribution in [3.63, 3.8) is 0 Å². The van der Waals surface area contributed by atoms with Gasteiger partial charge >= 0.3 is 0 Å². The van der Waals surface area contributed by atoms with Crippen LogP contribution in [0.1, 0.15) is 18.1 Å². The lowest BCUT2D eigenvalue weighted by molar-refractivity contribution is 0.340. The molecule has 2 aromatic rings. The Morgan fingerprint density at radius 2 is 1.71 bits per heavy atom. The fraction of sp³-hybridized carbons (Fsp3) is 0.222. The molecule has 21 heavy (non-hydrogen) atoms. The van der Waals surface area contributed by atoms with Crippen LogP contribution in [0.2, 0.25) is 0 Å². The molecule has 0 saturated carbocycles. The summed E-state index contributed by atoms with van der Waals surface area (Å²) in [5.74, 6) is 4.28. The maximum Gasteiger partial charge on any atom is 0.162 e. The van der Waals surface area contributed by atoms with E-state index >= 15 is 0 Å². The fourth-order valence-corrected chi connectivity index (χ4v) is 3.13. The molecule has 0 aromatic heterocycles. The van der Waals surface area contributed by atoms with E-state index in [9.17, 15) is 4.21 Å². The molecule has 0 aliphatic heterocycles. The van der Waals surface area contributed by atoms with E-state index in [2.05, 4.69) is 11.2 Å². The molecule has 2 aromatic carbocycles. The van der Waals surface area contributed by atoms with Crippen molar-refractivity contribution in [1.29, 1.82) is 0 Å². The van der Waals surface area contributed by atoms with E-state index in [0.29, 0.717) is 12.4 Å². The van der Waals surface area contributed by atoms with E-state index in [0.717, 1.165) is 16.9 Å². The van der Waals surface area contributed by atoms with Gasteiger partial charge in [-0.15, -0.1) is 0 Å². The smallest absolute Gasteiger partial charge is 0.162 e. The molecule has 0 spiro atoms. The lowest BCUT2D eigenvalue weighted by Crippen LogP contribution is -2.08. The molecule has 0 fully saturated rings. The van der Waals surface area contributed by atoms with Crippen LogP contribution >= 0.6 is 0 Å². The van der Waals surface area contributed by atoms with Gasteiger partial charge in [0.05, 0.1) is 6.61 Å². The predicted molar refractivity (Wildman–Crippen MR) is 88.6 cm³/mol. The highest BCUT2D eigenvalue weighted by Gasteiger charge is 2.19. The molecule has 0 radical (unpaired) electrons. The topological polar surface area (TPSA) is 26.3 Å². The third-order valence-corrected chi connectivity index (χ3v) is 4.28. The number of hydrogen-bond donors (Lipinski definition) is 0. The summed E-state index contributed by atoms with van der Waals surface area (Å²) in [6.45, 7) is 2.60. The lowest BCUT2D eigenvalue weighted by Gasteiger charge is -2.04. The third-order valence-electron chi connectivity index (χ3n) is 2.86. The van der Waals surface area contributed by atoms with Crippen molar-refractivity contribution in [2.75, 3.05) is 12.9 Å². The summed E-state index contributed by atoms with van der Waals surface area (Å²) >= 11 is 0. The normalized spacial score (nSPS) is 12.9. The van der Waals surface area contributed by atoms with Crippen molar-refractivity contribution in [2.45, 2.75) is 12.7 Å². The number of rotatable bonds is 4. The number of benzene rings is 2. The second-order valence-electron chi connectivity index (χ2n) is 4.82. The minimum atomic E-state index is -2.21. The Balaban J connectivity index is 2.07. The van der Waals surface area contributed by atoms with Crippen molar-refractivity contribution in [2.24, 2.45) is 0 Å². The standard InChI is InChI=1S/C18H19O2S/c1-3-20-18-11-9-17(10-12-18)15-21(2,19)14-13-16-7-5-4-6-8-16/h4-12H,3,15H2,1-2H3/q+1. The maximum atomic E-state index is 12.5. The zero-order chi connectivity index (χ0) is 15.1. The summed E-state index contributed by atoms with van der Waals surface area (Å²) in [7, 11) is -2.21. The van der Waals surface area contributed by atoms with E-state index in [4.69, 9.17) is 4.74 Å². The van der Waals surface area contributed by atoms with Crippen LogP contribution in [0, 0.1) is 11.2 Å². The first-order valence-electron chi connectivity index (χ1n) is 6.85. The SMILES string of the molecule is CCOc1ccc(C[S+](C)(=O)C#Cc2ccccc2)cc1. The van der Waals surface area contributed by atoms with E-state index < -0.39 is 9.93 Å². The first-order valence-corrected chi connectivity index (χ1v) is 8.99. The second-order valence-corrected chi connectivity index (χ2v) is 7.32. The Bertz CT molecular complexity index is 679. The second kappa shape index (κ2) is 7.10. The zero-order valence-corrected chi connectivity index (χ0v) is 13.2. The summed E-state index contributed by atoms with van der Waals surface area (Å²) in [5, 5.41) is 2.91. The summed E-state index contributed by atoms with van der Waals surface area (Å²) in [5.41, 5.74) is 1.90. The molecule has 2 rings (SSSR count). The van der Waals surface area contributed by atoms with Crippen molar-refractivity contribution in [1.82, 2.24) is 0 Å². The van der Waals surface area contributed by atoms with Crippen molar-refractivity contribution in [3.8, 4) is 16.9 Å². The van der Waals surface area contributed by atoms with Crippen LogP contribution in [0.4, 0.5) is 0 Å². The predicted octanol–water partition coefficient (Wildman–Crippen LogP) is 3.72. The summed E-state index contributed by atoms with van der Waals surface area (Å²) in [4.78, 5) is 0. The van der Waals surface area contributed by atoms with Crippen molar-refractivity contribution >= 4 is 9.93 Å². The highest BCUT2D eigenvalue weighted by molar-refractivity contribution is 8.05. The van der Waals surface area contributed by atoms with E-state index in [1.165, 1.54) is 0 Å². The molecule has 0 aliphatic rings. The van der Waals surface area contributed by atoms with Crippen LogP contribution < -0.4 is 4.74 Å². The first-order chi connectivity index (χ1) is 10.1. The Hall–Kier alpha value is -2.05. The van der Waals surface area contributed by atoms with Crippen LogP contribution in [0.5, 0.6) is 5.75 Å². The van der Waals surface area contributed by atoms with Gasteiger partial charge in [0.2, 0.25) is 0 Å². The molecule has 0 bridgehead atoms. The molecular weight excluding hydrogens is 280 g/mol. The highest BCUT2D eigenvalue weighted by Crippen LogP contribution is 2.16. The van der Waals surface area contributed by atoms with Crippen LogP contribution in [0.3, 0.4) is 0 Å². The van der Waals surface area contributed by atoms with E-state index in [1.54, 1.807) is 6.26 Å². The molecular formula is C18H19O2S+. The molecule has 1 atom stereocenters. The van der Waals surface area contributed by atoms with Gasteiger partial charge in [0, 0.05) is 11.1 Å².